The first-order valence-corrected chi connectivity index (χ1v) is 8.58. The van der Waals surface area contributed by atoms with Crippen LogP contribution in [0.1, 0.15) is 24.8 Å². The lowest BCUT2D eigenvalue weighted by molar-refractivity contribution is -0.133. The van der Waals surface area contributed by atoms with Gasteiger partial charge in [0.05, 0.1) is 18.4 Å². The van der Waals surface area contributed by atoms with Crippen LogP contribution in [0.25, 0.3) is 0 Å². The van der Waals surface area contributed by atoms with Crippen molar-refractivity contribution in [2.24, 2.45) is 17.6 Å². The van der Waals surface area contributed by atoms with Crippen molar-refractivity contribution < 1.29 is 23.1 Å². The predicted octanol–water partition coefficient (Wildman–Crippen LogP) is 1.64. The highest BCUT2D eigenvalue weighted by atomic mass is 19.1. The molecule has 5 nitrogen and oxygen atoms in total. The van der Waals surface area contributed by atoms with Crippen LogP contribution in [0.4, 0.5) is 8.78 Å². The molecular formula is C18H22F2N2O3. The van der Waals surface area contributed by atoms with Gasteiger partial charge in [-0.1, -0.05) is 6.07 Å². The summed E-state index contributed by atoms with van der Waals surface area (Å²) >= 11 is 0. The number of hydrogen-bond donors (Lipinski definition) is 1. The summed E-state index contributed by atoms with van der Waals surface area (Å²) in [7, 11) is 0. The first kappa shape index (κ1) is 17.8. The summed E-state index contributed by atoms with van der Waals surface area (Å²) in [5.41, 5.74) is 5.63. The Balaban J connectivity index is 1.55. The van der Waals surface area contributed by atoms with Crippen LogP contribution < -0.4 is 5.73 Å². The molecule has 2 aliphatic rings. The number of primary amides is 1. The Kier molecular flexibility index (Phi) is 5.32. The van der Waals surface area contributed by atoms with Crippen LogP contribution >= 0.6 is 0 Å². The fraction of sp³-hybridized carbons (Fsp3) is 0.556. The first-order chi connectivity index (χ1) is 12.0. The second-order valence-corrected chi connectivity index (χ2v) is 6.76. The molecule has 2 aliphatic heterocycles. The van der Waals surface area contributed by atoms with Crippen LogP contribution in [0.15, 0.2) is 18.2 Å². The number of carbonyl (C=O) groups excluding carboxylic acids is 2. The van der Waals surface area contributed by atoms with Gasteiger partial charge in [0.15, 0.2) is 0 Å². The van der Waals surface area contributed by atoms with Gasteiger partial charge in [-0.25, -0.2) is 8.78 Å². The predicted molar refractivity (Wildman–Crippen MR) is 86.4 cm³/mol. The molecule has 2 saturated heterocycles. The van der Waals surface area contributed by atoms with Crippen molar-refractivity contribution >= 4 is 11.8 Å². The van der Waals surface area contributed by atoms with E-state index >= 15 is 0 Å². The lowest BCUT2D eigenvalue weighted by Gasteiger charge is -2.35. The highest BCUT2D eigenvalue weighted by molar-refractivity contribution is 5.79. The summed E-state index contributed by atoms with van der Waals surface area (Å²) in [6.45, 7) is 1.62. The van der Waals surface area contributed by atoms with Crippen molar-refractivity contribution in [3.63, 3.8) is 0 Å². The molecule has 0 bridgehead atoms. The quantitative estimate of drug-likeness (QED) is 0.895. The molecule has 136 valence electrons. The van der Waals surface area contributed by atoms with E-state index in [4.69, 9.17) is 10.5 Å². The minimum Gasteiger partial charge on any atom is -0.377 e. The number of amides is 2. The standard InChI is InChI=1S/C18H22F2N2O3/c19-13-2-1-12(15(20)10-13)9-16(23)22-6-3-11(4-7-22)17-14(18(21)24)5-8-25-17/h1-2,10-11,14,17H,3-9H2,(H2,21,24)/t14-,17+/m0/s1. The van der Waals surface area contributed by atoms with E-state index in [0.717, 1.165) is 25.0 Å². The number of carbonyl (C=O) groups is 2. The molecule has 0 unspecified atom stereocenters. The maximum absolute atomic E-state index is 13.7. The molecule has 0 saturated carbocycles. The lowest BCUT2D eigenvalue weighted by Crippen LogP contribution is -2.44. The van der Waals surface area contributed by atoms with Crippen LogP contribution in [0.5, 0.6) is 0 Å². The lowest BCUT2D eigenvalue weighted by atomic mass is 9.84. The van der Waals surface area contributed by atoms with Crippen molar-refractivity contribution in [2.45, 2.75) is 31.8 Å². The van der Waals surface area contributed by atoms with Crippen LogP contribution in [-0.2, 0) is 20.7 Å². The number of nitrogens with two attached hydrogens (primary N) is 1. The third-order valence-electron chi connectivity index (χ3n) is 5.21. The maximum Gasteiger partial charge on any atom is 0.227 e. The molecule has 2 N–H and O–H groups in total. The second kappa shape index (κ2) is 7.47. The average molecular weight is 352 g/mol. The van der Waals surface area contributed by atoms with Crippen molar-refractivity contribution in [3.8, 4) is 0 Å². The summed E-state index contributed by atoms with van der Waals surface area (Å²) in [4.78, 5) is 25.6. The fourth-order valence-electron chi connectivity index (χ4n) is 3.80. The topological polar surface area (TPSA) is 72.6 Å². The van der Waals surface area contributed by atoms with E-state index in [1.54, 1.807) is 4.90 Å². The van der Waals surface area contributed by atoms with Crippen LogP contribution in [-0.4, -0.2) is 42.5 Å². The molecule has 0 aliphatic carbocycles. The van der Waals surface area contributed by atoms with Crippen molar-refractivity contribution in [1.82, 2.24) is 4.90 Å². The number of halogens is 2. The van der Waals surface area contributed by atoms with Gasteiger partial charge in [-0.3, -0.25) is 9.59 Å². The van der Waals surface area contributed by atoms with Gasteiger partial charge in [0.2, 0.25) is 11.8 Å². The van der Waals surface area contributed by atoms with Crippen molar-refractivity contribution in [1.29, 1.82) is 0 Å². The van der Waals surface area contributed by atoms with Gasteiger partial charge in [0, 0.05) is 25.8 Å². The molecule has 0 radical (unpaired) electrons. The number of benzene rings is 1. The Bertz CT molecular complexity index is 660. The molecule has 7 heteroatoms. The Morgan fingerprint density at radius 3 is 2.56 bits per heavy atom. The Labute approximate surface area is 145 Å². The molecule has 2 atom stereocenters. The van der Waals surface area contributed by atoms with E-state index in [2.05, 4.69) is 0 Å². The van der Waals surface area contributed by atoms with Gasteiger partial charge in [-0.05, 0) is 36.8 Å². The SMILES string of the molecule is NC(=O)[C@H]1CCO[C@@H]1C1CCN(C(=O)Cc2ccc(F)cc2F)CC1. The largest absolute Gasteiger partial charge is 0.377 e. The summed E-state index contributed by atoms with van der Waals surface area (Å²) < 4.78 is 32.3. The normalized spacial score (nSPS) is 24.5. The van der Waals surface area contributed by atoms with E-state index in [-0.39, 0.29) is 41.7 Å². The smallest absolute Gasteiger partial charge is 0.227 e. The number of rotatable bonds is 4. The number of nitrogens with zero attached hydrogens (tertiary/aromatic N) is 1. The molecule has 2 heterocycles. The molecule has 3 rings (SSSR count). The molecule has 1 aromatic carbocycles. The van der Waals surface area contributed by atoms with Crippen molar-refractivity contribution in [3.05, 3.63) is 35.4 Å². The number of likely N-dealkylation sites (tertiary alicyclic amines) is 1. The van der Waals surface area contributed by atoms with E-state index in [1.165, 1.54) is 6.07 Å². The van der Waals surface area contributed by atoms with Gasteiger partial charge in [0.1, 0.15) is 11.6 Å². The zero-order valence-electron chi connectivity index (χ0n) is 13.9. The third kappa shape index (κ3) is 3.98. The second-order valence-electron chi connectivity index (χ2n) is 6.76. The molecular weight excluding hydrogens is 330 g/mol. The van der Waals surface area contributed by atoms with E-state index in [1.807, 2.05) is 0 Å². The number of piperidine rings is 1. The summed E-state index contributed by atoms with van der Waals surface area (Å²) in [5, 5.41) is 0. The zero-order valence-corrected chi connectivity index (χ0v) is 13.9. The van der Waals surface area contributed by atoms with E-state index < -0.39 is 11.6 Å². The van der Waals surface area contributed by atoms with E-state index in [9.17, 15) is 18.4 Å². The molecule has 2 fully saturated rings. The Hall–Kier alpha value is -2.02. The first-order valence-electron chi connectivity index (χ1n) is 8.58. The summed E-state index contributed by atoms with van der Waals surface area (Å²) in [5.74, 6) is -1.91. The Morgan fingerprint density at radius 1 is 1.20 bits per heavy atom. The van der Waals surface area contributed by atoms with Crippen molar-refractivity contribution in [2.75, 3.05) is 19.7 Å². The third-order valence-corrected chi connectivity index (χ3v) is 5.21. The number of ether oxygens (including phenoxy) is 1. The highest BCUT2D eigenvalue weighted by Gasteiger charge is 2.39. The monoisotopic (exact) mass is 352 g/mol. The average Bonchev–Trinajstić information content (AvgIpc) is 3.07. The van der Waals surface area contributed by atoms with Gasteiger partial charge < -0.3 is 15.4 Å². The van der Waals surface area contributed by atoms with E-state index in [0.29, 0.717) is 26.1 Å². The molecule has 25 heavy (non-hydrogen) atoms. The zero-order chi connectivity index (χ0) is 18.0. The van der Waals surface area contributed by atoms with Gasteiger partial charge in [-0.15, -0.1) is 0 Å². The molecule has 2 amide bonds. The van der Waals surface area contributed by atoms with Gasteiger partial charge in [0.25, 0.3) is 0 Å². The maximum atomic E-state index is 13.7. The molecule has 0 aromatic heterocycles. The summed E-state index contributed by atoms with van der Waals surface area (Å²) in [6.07, 6.45) is 1.87. The highest BCUT2D eigenvalue weighted by Crippen LogP contribution is 2.33. The minimum atomic E-state index is -0.702. The van der Waals surface area contributed by atoms with Gasteiger partial charge >= 0.3 is 0 Å². The van der Waals surface area contributed by atoms with Crippen LogP contribution in [0.3, 0.4) is 0 Å². The summed E-state index contributed by atoms with van der Waals surface area (Å²) in [6, 6.07) is 3.24. The molecule has 0 spiro atoms. The molecule has 1 aromatic rings. The van der Waals surface area contributed by atoms with Gasteiger partial charge in [-0.2, -0.15) is 0 Å². The Morgan fingerprint density at radius 2 is 1.92 bits per heavy atom. The number of hydrogen-bond acceptors (Lipinski definition) is 3. The minimum absolute atomic E-state index is 0.0827. The van der Waals surface area contributed by atoms with Crippen LogP contribution in [0, 0.1) is 23.5 Å². The van der Waals surface area contributed by atoms with Crippen LogP contribution in [0.2, 0.25) is 0 Å². The fourth-order valence-corrected chi connectivity index (χ4v) is 3.80.